The van der Waals surface area contributed by atoms with Crippen molar-refractivity contribution in [3.63, 3.8) is 0 Å². The first-order chi connectivity index (χ1) is 12.5. The molecule has 0 saturated carbocycles. The SMILES string of the molecule is CC(C)(C)OC(=O)N[C@H]1CN(C(=O)OCc2ccccc2)C(C)(C(=O)O)C1. The molecule has 0 aromatic heterocycles. The van der Waals surface area contributed by atoms with Gasteiger partial charge < -0.3 is 19.9 Å². The summed E-state index contributed by atoms with van der Waals surface area (Å²) in [6.45, 7) is 6.70. The lowest BCUT2D eigenvalue weighted by Crippen LogP contribution is -2.50. The van der Waals surface area contributed by atoms with E-state index in [0.29, 0.717) is 0 Å². The summed E-state index contributed by atoms with van der Waals surface area (Å²) in [7, 11) is 0. The maximum atomic E-state index is 12.5. The van der Waals surface area contributed by atoms with E-state index in [1.165, 1.54) is 6.92 Å². The van der Waals surface area contributed by atoms with Gasteiger partial charge in [0, 0.05) is 13.0 Å². The molecule has 148 valence electrons. The number of alkyl carbamates (subject to hydrolysis) is 1. The van der Waals surface area contributed by atoms with E-state index in [9.17, 15) is 19.5 Å². The molecule has 1 aromatic rings. The van der Waals surface area contributed by atoms with E-state index in [1.54, 1.807) is 32.9 Å². The first-order valence-corrected chi connectivity index (χ1v) is 8.72. The molecular weight excluding hydrogens is 352 g/mol. The zero-order chi connectivity index (χ0) is 20.2. The Morgan fingerprint density at radius 2 is 1.89 bits per heavy atom. The minimum atomic E-state index is -1.48. The van der Waals surface area contributed by atoms with Gasteiger partial charge in [-0.25, -0.2) is 14.4 Å². The van der Waals surface area contributed by atoms with Crippen LogP contribution in [0.5, 0.6) is 0 Å². The molecule has 1 heterocycles. The van der Waals surface area contributed by atoms with Gasteiger partial charge in [0.05, 0.1) is 6.04 Å². The van der Waals surface area contributed by atoms with Gasteiger partial charge in [0.1, 0.15) is 17.7 Å². The van der Waals surface area contributed by atoms with Crippen LogP contribution in [0.2, 0.25) is 0 Å². The second-order valence-electron chi connectivity index (χ2n) is 7.78. The second kappa shape index (κ2) is 7.85. The van der Waals surface area contributed by atoms with Crippen molar-refractivity contribution in [3.8, 4) is 0 Å². The number of hydrogen-bond donors (Lipinski definition) is 2. The first kappa shape index (κ1) is 20.5. The van der Waals surface area contributed by atoms with Gasteiger partial charge in [-0.15, -0.1) is 0 Å². The highest BCUT2D eigenvalue weighted by Crippen LogP contribution is 2.30. The van der Waals surface area contributed by atoms with E-state index >= 15 is 0 Å². The summed E-state index contributed by atoms with van der Waals surface area (Å²) < 4.78 is 10.5. The number of nitrogens with zero attached hydrogens (tertiary/aromatic N) is 1. The third kappa shape index (κ3) is 5.35. The van der Waals surface area contributed by atoms with E-state index in [1.807, 2.05) is 18.2 Å². The summed E-state index contributed by atoms with van der Waals surface area (Å²) in [4.78, 5) is 37.4. The van der Waals surface area contributed by atoms with Gasteiger partial charge in [-0.05, 0) is 33.3 Å². The Balaban J connectivity index is 2.03. The number of rotatable bonds is 4. The van der Waals surface area contributed by atoms with Crippen molar-refractivity contribution in [2.24, 2.45) is 0 Å². The molecule has 1 aliphatic rings. The largest absolute Gasteiger partial charge is 0.480 e. The van der Waals surface area contributed by atoms with E-state index < -0.39 is 35.3 Å². The van der Waals surface area contributed by atoms with Crippen molar-refractivity contribution in [3.05, 3.63) is 35.9 Å². The van der Waals surface area contributed by atoms with Crippen LogP contribution in [0.15, 0.2) is 30.3 Å². The molecule has 8 heteroatoms. The second-order valence-corrected chi connectivity index (χ2v) is 7.78. The Bertz CT molecular complexity index is 700. The van der Waals surface area contributed by atoms with Gasteiger partial charge in [-0.2, -0.15) is 0 Å². The summed E-state index contributed by atoms with van der Waals surface area (Å²) in [6, 6.07) is 8.55. The van der Waals surface area contributed by atoms with Crippen LogP contribution in [0, 0.1) is 0 Å². The summed E-state index contributed by atoms with van der Waals surface area (Å²) >= 11 is 0. The average Bonchev–Trinajstić information content (AvgIpc) is 2.89. The lowest BCUT2D eigenvalue weighted by atomic mass is 9.98. The summed E-state index contributed by atoms with van der Waals surface area (Å²) in [5.74, 6) is -1.16. The third-order valence-electron chi connectivity index (χ3n) is 4.25. The van der Waals surface area contributed by atoms with Gasteiger partial charge in [0.15, 0.2) is 0 Å². The van der Waals surface area contributed by atoms with E-state index in [2.05, 4.69) is 5.32 Å². The van der Waals surface area contributed by atoms with Crippen molar-refractivity contribution >= 4 is 18.2 Å². The van der Waals surface area contributed by atoms with Crippen molar-refractivity contribution < 1.29 is 29.0 Å². The molecule has 0 radical (unpaired) electrons. The van der Waals surface area contributed by atoms with Crippen molar-refractivity contribution in [1.29, 1.82) is 0 Å². The Kier molecular flexibility index (Phi) is 5.98. The summed E-state index contributed by atoms with van der Waals surface area (Å²) in [5, 5.41) is 12.3. The number of benzene rings is 1. The molecule has 1 saturated heterocycles. The van der Waals surface area contributed by atoms with Crippen LogP contribution in [0.4, 0.5) is 9.59 Å². The average molecular weight is 378 g/mol. The van der Waals surface area contributed by atoms with Crippen LogP contribution in [0.1, 0.15) is 39.7 Å². The van der Waals surface area contributed by atoms with Crippen LogP contribution >= 0.6 is 0 Å². The standard InChI is InChI=1S/C19H26N2O6/c1-18(2,3)27-16(24)20-14-10-19(4,15(22)23)21(11-14)17(25)26-12-13-8-6-5-7-9-13/h5-9,14H,10-12H2,1-4H3,(H,20,24)(H,22,23)/t14-,19?/m1/s1. The minimum Gasteiger partial charge on any atom is -0.480 e. The monoisotopic (exact) mass is 378 g/mol. The maximum Gasteiger partial charge on any atom is 0.411 e. The minimum absolute atomic E-state index is 0.0235. The van der Waals surface area contributed by atoms with Gasteiger partial charge in [-0.1, -0.05) is 30.3 Å². The summed E-state index contributed by atoms with van der Waals surface area (Å²) in [6.07, 6.45) is -1.33. The van der Waals surface area contributed by atoms with Gasteiger partial charge >= 0.3 is 18.2 Å². The van der Waals surface area contributed by atoms with Crippen LogP contribution < -0.4 is 5.32 Å². The molecule has 27 heavy (non-hydrogen) atoms. The van der Waals surface area contributed by atoms with Crippen molar-refractivity contribution in [2.75, 3.05) is 6.54 Å². The molecule has 1 aromatic carbocycles. The predicted octanol–water partition coefficient (Wildman–Crippen LogP) is 2.77. The quantitative estimate of drug-likeness (QED) is 0.835. The topological polar surface area (TPSA) is 105 Å². The van der Waals surface area contributed by atoms with Crippen LogP contribution in [0.3, 0.4) is 0 Å². The number of likely N-dealkylation sites (tertiary alicyclic amines) is 1. The maximum absolute atomic E-state index is 12.5. The molecule has 0 spiro atoms. The van der Waals surface area contributed by atoms with Crippen LogP contribution in [-0.2, 0) is 20.9 Å². The number of carboxylic acids is 1. The van der Waals surface area contributed by atoms with Crippen molar-refractivity contribution in [2.45, 2.75) is 57.9 Å². The molecular formula is C19H26N2O6. The fraction of sp³-hybridized carbons (Fsp3) is 0.526. The molecule has 0 aliphatic carbocycles. The summed E-state index contributed by atoms with van der Waals surface area (Å²) in [5.41, 5.74) is -1.36. The molecule has 2 N–H and O–H groups in total. The highest BCUT2D eigenvalue weighted by atomic mass is 16.6. The number of ether oxygens (including phenoxy) is 2. The van der Waals surface area contributed by atoms with Crippen LogP contribution in [-0.4, -0.2) is 51.9 Å². The zero-order valence-electron chi connectivity index (χ0n) is 16.0. The predicted molar refractivity (Wildman–Crippen MR) is 97.1 cm³/mol. The smallest absolute Gasteiger partial charge is 0.411 e. The number of carboxylic acid groups (broad SMARTS) is 1. The zero-order valence-corrected chi connectivity index (χ0v) is 16.0. The lowest BCUT2D eigenvalue weighted by molar-refractivity contribution is -0.147. The lowest BCUT2D eigenvalue weighted by Gasteiger charge is -2.29. The number of hydrogen-bond acceptors (Lipinski definition) is 5. The molecule has 2 amide bonds. The highest BCUT2D eigenvalue weighted by molar-refractivity contribution is 5.85. The highest BCUT2D eigenvalue weighted by Gasteiger charge is 2.51. The fourth-order valence-corrected chi connectivity index (χ4v) is 2.92. The molecule has 8 nitrogen and oxygen atoms in total. The molecule has 1 aliphatic heterocycles. The number of carbonyl (C=O) groups excluding carboxylic acids is 2. The molecule has 0 bridgehead atoms. The Hall–Kier alpha value is -2.77. The number of carbonyl (C=O) groups is 3. The van der Waals surface area contributed by atoms with Crippen molar-refractivity contribution in [1.82, 2.24) is 10.2 Å². The Morgan fingerprint density at radius 1 is 1.26 bits per heavy atom. The Morgan fingerprint density at radius 3 is 2.44 bits per heavy atom. The molecule has 2 atom stereocenters. The molecule has 1 unspecified atom stereocenters. The first-order valence-electron chi connectivity index (χ1n) is 8.72. The molecule has 1 fully saturated rings. The third-order valence-corrected chi connectivity index (χ3v) is 4.25. The van der Waals surface area contributed by atoms with Gasteiger partial charge in [-0.3, -0.25) is 4.90 Å². The normalized spacial score (nSPS) is 22.2. The van der Waals surface area contributed by atoms with Gasteiger partial charge in [0.25, 0.3) is 0 Å². The van der Waals surface area contributed by atoms with Crippen LogP contribution in [0.25, 0.3) is 0 Å². The number of amides is 2. The number of aliphatic carboxylic acids is 1. The fourth-order valence-electron chi connectivity index (χ4n) is 2.92. The van der Waals surface area contributed by atoms with E-state index in [0.717, 1.165) is 10.5 Å². The molecule has 2 rings (SSSR count). The van der Waals surface area contributed by atoms with E-state index in [-0.39, 0.29) is 19.6 Å². The number of nitrogens with one attached hydrogen (secondary N) is 1. The van der Waals surface area contributed by atoms with Gasteiger partial charge in [0.2, 0.25) is 0 Å². The Labute approximate surface area is 158 Å². The van der Waals surface area contributed by atoms with E-state index in [4.69, 9.17) is 9.47 Å².